The number of methoxy groups -OCH3 is 1. The van der Waals surface area contributed by atoms with Crippen LogP contribution in [0.5, 0.6) is 0 Å². The van der Waals surface area contributed by atoms with E-state index in [0.717, 1.165) is 31.2 Å². The van der Waals surface area contributed by atoms with Gasteiger partial charge in [0.1, 0.15) is 0 Å². The Balaban J connectivity index is 2.09. The minimum Gasteiger partial charge on any atom is -0.472 e. The van der Waals surface area contributed by atoms with Crippen molar-refractivity contribution in [1.29, 1.82) is 0 Å². The number of ether oxygens (including phenoxy) is 1. The molecule has 0 bridgehead atoms. The second-order valence-corrected chi connectivity index (χ2v) is 4.38. The molecule has 2 rings (SSSR count). The second kappa shape index (κ2) is 4.37. The lowest BCUT2D eigenvalue weighted by Crippen LogP contribution is -2.47. The molecule has 0 amide bonds. The molecule has 1 saturated carbocycles. The van der Waals surface area contributed by atoms with Gasteiger partial charge in [-0.25, -0.2) is 0 Å². The van der Waals surface area contributed by atoms with Crippen LogP contribution >= 0.6 is 0 Å². The molecule has 1 fully saturated rings. The Hall–Kier alpha value is -0.800. The van der Waals surface area contributed by atoms with E-state index in [4.69, 9.17) is 9.15 Å². The smallest absolute Gasteiger partial charge is 0.0949 e. The van der Waals surface area contributed by atoms with Crippen LogP contribution in [0.3, 0.4) is 0 Å². The van der Waals surface area contributed by atoms with E-state index in [1.807, 2.05) is 6.07 Å². The fraction of sp³-hybridized carbons (Fsp3) is 0.667. The summed E-state index contributed by atoms with van der Waals surface area (Å²) in [7, 11) is 1.68. The van der Waals surface area contributed by atoms with Gasteiger partial charge in [-0.05, 0) is 24.5 Å². The van der Waals surface area contributed by atoms with E-state index in [0.29, 0.717) is 6.42 Å². The number of hydrogen-bond donors (Lipinski definition) is 1. The molecule has 3 nitrogen and oxygen atoms in total. The molecule has 1 aliphatic carbocycles. The SMILES string of the molecule is COC1CCCCC1(O)Cc1ccoc1. The lowest BCUT2D eigenvalue weighted by Gasteiger charge is -2.38. The maximum Gasteiger partial charge on any atom is 0.0949 e. The summed E-state index contributed by atoms with van der Waals surface area (Å²) in [6, 6.07) is 1.90. The highest BCUT2D eigenvalue weighted by molar-refractivity contribution is 5.11. The molecule has 1 N–H and O–H groups in total. The van der Waals surface area contributed by atoms with Crippen molar-refractivity contribution in [2.45, 2.75) is 43.8 Å². The van der Waals surface area contributed by atoms with Crippen LogP contribution in [0.4, 0.5) is 0 Å². The largest absolute Gasteiger partial charge is 0.472 e. The van der Waals surface area contributed by atoms with Crippen molar-refractivity contribution >= 4 is 0 Å². The van der Waals surface area contributed by atoms with Crippen molar-refractivity contribution in [2.24, 2.45) is 0 Å². The molecule has 1 aromatic rings. The number of aliphatic hydroxyl groups is 1. The summed E-state index contributed by atoms with van der Waals surface area (Å²) in [6.45, 7) is 0. The summed E-state index contributed by atoms with van der Waals surface area (Å²) in [6.07, 6.45) is 7.91. The van der Waals surface area contributed by atoms with E-state index in [1.54, 1.807) is 19.6 Å². The molecule has 0 radical (unpaired) electrons. The Morgan fingerprint density at radius 2 is 2.47 bits per heavy atom. The lowest BCUT2D eigenvalue weighted by atomic mass is 9.78. The van der Waals surface area contributed by atoms with Crippen molar-refractivity contribution < 1.29 is 14.3 Å². The van der Waals surface area contributed by atoms with Gasteiger partial charge >= 0.3 is 0 Å². The van der Waals surface area contributed by atoms with Crippen LogP contribution in [-0.4, -0.2) is 23.9 Å². The quantitative estimate of drug-likeness (QED) is 0.831. The maximum absolute atomic E-state index is 10.5. The highest BCUT2D eigenvalue weighted by Gasteiger charge is 2.39. The fourth-order valence-corrected chi connectivity index (χ4v) is 2.48. The van der Waals surface area contributed by atoms with Crippen LogP contribution in [0.1, 0.15) is 31.2 Å². The van der Waals surface area contributed by atoms with E-state index >= 15 is 0 Å². The van der Waals surface area contributed by atoms with Gasteiger partial charge in [-0.3, -0.25) is 0 Å². The van der Waals surface area contributed by atoms with Crippen LogP contribution in [0, 0.1) is 0 Å². The van der Waals surface area contributed by atoms with Crippen LogP contribution in [0.25, 0.3) is 0 Å². The van der Waals surface area contributed by atoms with Crippen molar-refractivity contribution in [1.82, 2.24) is 0 Å². The molecule has 1 heterocycles. The summed E-state index contributed by atoms with van der Waals surface area (Å²) >= 11 is 0. The van der Waals surface area contributed by atoms with Gasteiger partial charge in [0.05, 0.1) is 24.2 Å². The lowest BCUT2D eigenvalue weighted by molar-refractivity contribution is -0.116. The Kier molecular flexibility index (Phi) is 3.12. The van der Waals surface area contributed by atoms with Crippen LogP contribution in [-0.2, 0) is 11.2 Å². The van der Waals surface area contributed by atoms with Crippen molar-refractivity contribution in [3.63, 3.8) is 0 Å². The van der Waals surface area contributed by atoms with E-state index < -0.39 is 5.60 Å². The van der Waals surface area contributed by atoms with Gasteiger partial charge < -0.3 is 14.3 Å². The third kappa shape index (κ3) is 2.24. The van der Waals surface area contributed by atoms with Gasteiger partial charge in [0.2, 0.25) is 0 Å². The second-order valence-electron chi connectivity index (χ2n) is 4.38. The summed E-state index contributed by atoms with van der Waals surface area (Å²) < 4.78 is 10.4. The van der Waals surface area contributed by atoms with Crippen molar-refractivity contribution in [3.05, 3.63) is 24.2 Å². The first kappa shape index (κ1) is 10.7. The van der Waals surface area contributed by atoms with E-state index in [9.17, 15) is 5.11 Å². The topological polar surface area (TPSA) is 42.6 Å². The Morgan fingerprint density at radius 3 is 3.13 bits per heavy atom. The van der Waals surface area contributed by atoms with E-state index in [2.05, 4.69) is 0 Å². The van der Waals surface area contributed by atoms with Gasteiger partial charge in [0, 0.05) is 13.5 Å². The third-order valence-electron chi connectivity index (χ3n) is 3.30. The van der Waals surface area contributed by atoms with Crippen LogP contribution < -0.4 is 0 Å². The molecule has 1 aliphatic rings. The molecule has 0 spiro atoms. The zero-order valence-corrected chi connectivity index (χ0v) is 9.11. The molecule has 0 saturated heterocycles. The average Bonchev–Trinajstić information content (AvgIpc) is 2.70. The highest BCUT2D eigenvalue weighted by atomic mass is 16.5. The third-order valence-corrected chi connectivity index (χ3v) is 3.30. The Bertz CT molecular complexity index is 294. The van der Waals surface area contributed by atoms with Gasteiger partial charge in [0.15, 0.2) is 0 Å². The first-order valence-corrected chi connectivity index (χ1v) is 5.51. The summed E-state index contributed by atoms with van der Waals surface area (Å²) in [5.74, 6) is 0. The first-order valence-electron chi connectivity index (χ1n) is 5.51. The average molecular weight is 210 g/mol. The van der Waals surface area contributed by atoms with Gasteiger partial charge in [-0.1, -0.05) is 12.8 Å². The van der Waals surface area contributed by atoms with E-state index in [-0.39, 0.29) is 6.10 Å². The van der Waals surface area contributed by atoms with Gasteiger partial charge in [-0.2, -0.15) is 0 Å². The number of furan rings is 1. The normalized spacial score (nSPS) is 31.7. The molecular weight excluding hydrogens is 192 g/mol. The maximum atomic E-state index is 10.5. The molecule has 1 aromatic heterocycles. The molecular formula is C12H18O3. The zero-order valence-electron chi connectivity index (χ0n) is 9.11. The standard InChI is InChI=1S/C12H18O3/c1-14-11-4-2-3-6-12(11,13)8-10-5-7-15-9-10/h5,7,9,11,13H,2-4,6,8H2,1H3. The molecule has 2 atom stereocenters. The van der Waals surface area contributed by atoms with Gasteiger partial charge in [0.25, 0.3) is 0 Å². The Labute approximate surface area is 90.0 Å². The predicted octanol–water partition coefficient (Wildman–Crippen LogP) is 2.14. The Morgan fingerprint density at radius 1 is 1.60 bits per heavy atom. The van der Waals surface area contributed by atoms with Crippen molar-refractivity contribution in [3.8, 4) is 0 Å². The fourth-order valence-electron chi connectivity index (χ4n) is 2.48. The monoisotopic (exact) mass is 210 g/mol. The zero-order chi connectivity index (χ0) is 10.7. The summed E-state index contributed by atoms with van der Waals surface area (Å²) in [5.41, 5.74) is 0.332. The van der Waals surface area contributed by atoms with Gasteiger partial charge in [-0.15, -0.1) is 0 Å². The molecule has 15 heavy (non-hydrogen) atoms. The van der Waals surface area contributed by atoms with Crippen LogP contribution in [0.15, 0.2) is 23.0 Å². The predicted molar refractivity (Wildman–Crippen MR) is 56.6 cm³/mol. The summed E-state index contributed by atoms with van der Waals surface area (Å²) in [5, 5.41) is 10.5. The molecule has 84 valence electrons. The number of rotatable bonds is 3. The number of hydrogen-bond acceptors (Lipinski definition) is 3. The highest BCUT2D eigenvalue weighted by Crippen LogP contribution is 2.33. The minimum absolute atomic E-state index is 0.0406. The molecule has 0 aromatic carbocycles. The van der Waals surface area contributed by atoms with Crippen LogP contribution in [0.2, 0.25) is 0 Å². The molecule has 0 aliphatic heterocycles. The van der Waals surface area contributed by atoms with Crippen molar-refractivity contribution in [2.75, 3.05) is 7.11 Å². The summed E-state index contributed by atoms with van der Waals surface area (Å²) in [4.78, 5) is 0. The molecule has 3 heteroatoms. The molecule has 2 unspecified atom stereocenters. The first-order chi connectivity index (χ1) is 7.24. The van der Waals surface area contributed by atoms with E-state index in [1.165, 1.54) is 0 Å². The minimum atomic E-state index is -0.711.